The topological polar surface area (TPSA) is 29.1 Å². The Balaban J connectivity index is 1.91. The van der Waals surface area contributed by atoms with Gasteiger partial charge in [-0.15, -0.1) is 0 Å². The molecule has 107 valence electrons. The highest BCUT2D eigenvalue weighted by Gasteiger charge is 2.12. The fourth-order valence-corrected chi connectivity index (χ4v) is 2.34. The van der Waals surface area contributed by atoms with Gasteiger partial charge in [0.1, 0.15) is 0 Å². The fourth-order valence-electron chi connectivity index (χ4n) is 2.34. The van der Waals surface area contributed by atoms with E-state index in [1.165, 1.54) is 0 Å². The Morgan fingerprint density at radius 1 is 0.773 bits per heavy atom. The summed E-state index contributed by atoms with van der Waals surface area (Å²) in [4.78, 5) is 12.6. The van der Waals surface area contributed by atoms with Crippen LogP contribution in [0.5, 0.6) is 0 Å². The molecule has 0 aliphatic rings. The van der Waals surface area contributed by atoms with E-state index >= 15 is 0 Å². The lowest BCUT2D eigenvalue weighted by Gasteiger charge is -2.10. The molecule has 0 saturated carbocycles. The Labute approximate surface area is 130 Å². The number of amides is 1. The Morgan fingerprint density at radius 2 is 1.41 bits per heavy atom. The average molecular weight is 286 g/mol. The number of carbonyl (C=O) groups excluding carboxylic acids is 1. The summed E-state index contributed by atoms with van der Waals surface area (Å²) in [7, 11) is 0. The van der Waals surface area contributed by atoms with E-state index in [1.807, 2.05) is 78.9 Å². The van der Waals surface area contributed by atoms with Crippen molar-refractivity contribution >= 4 is 11.6 Å². The van der Waals surface area contributed by atoms with Gasteiger partial charge in [0.05, 0.1) is 0 Å². The molecular weight excluding hydrogens is 270 g/mol. The van der Waals surface area contributed by atoms with Gasteiger partial charge in [-0.25, -0.2) is 0 Å². The number of rotatable bonds is 3. The first kappa shape index (κ1) is 14.1. The Hall–Kier alpha value is -2.87. The van der Waals surface area contributed by atoms with Crippen molar-refractivity contribution in [1.82, 2.24) is 0 Å². The summed E-state index contributed by atoms with van der Waals surface area (Å²) in [6, 6.07) is 25.0. The van der Waals surface area contributed by atoms with Crippen LogP contribution < -0.4 is 5.32 Å². The maximum Gasteiger partial charge on any atom is 0.256 e. The van der Waals surface area contributed by atoms with E-state index in [-0.39, 0.29) is 5.91 Å². The van der Waals surface area contributed by atoms with Crippen LogP contribution in [0.15, 0.2) is 78.9 Å². The van der Waals surface area contributed by atoms with Gasteiger partial charge >= 0.3 is 0 Å². The summed E-state index contributed by atoms with van der Waals surface area (Å²) in [5, 5.41) is 2.93. The molecule has 22 heavy (non-hydrogen) atoms. The molecule has 0 aliphatic heterocycles. The molecule has 2 heteroatoms. The van der Waals surface area contributed by atoms with Crippen LogP contribution in [0.3, 0.4) is 0 Å². The molecule has 0 unspecified atom stereocenters. The summed E-state index contributed by atoms with van der Waals surface area (Å²) >= 11 is 0. The second-order valence-corrected chi connectivity index (χ2v) is 5.06. The molecule has 0 saturated heterocycles. The molecule has 3 aromatic rings. The third-order valence-electron chi connectivity index (χ3n) is 3.47. The Bertz CT molecular complexity index is 776. The predicted molar refractivity (Wildman–Crippen MR) is 90.7 cm³/mol. The van der Waals surface area contributed by atoms with Gasteiger partial charge in [-0.1, -0.05) is 60.7 Å². The summed E-state index contributed by atoms with van der Waals surface area (Å²) in [6.07, 6.45) is 0. The normalized spacial score (nSPS) is 10.2. The lowest BCUT2D eigenvalue weighted by atomic mass is 9.99. The van der Waals surface area contributed by atoms with Crippen molar-refractivity contribution in [3.05, 3.63) is 96.9 Å². The van der Waals surface area contributed by atoms with Crippen molar-refractivity contribution in [1.29, 1.82) is 0 Å². The van der Waals surface area contributed by atoms with Gasteiger partial charge in [-0.3, -0.25) is 4.79 Å². The number of nitrogens with one attached hydrogen (secondary N) is 1. The van der Waals surface area contributed by atoms with Crippen LogP contribution in [0, 0.1) is 6.92 Å². The van der Waals surface area contributed by atoms with Crippen molar-refractivity contribution in [2.45, 2.75) is 0 Å². The predicted octanol–water partition coefficient (Wildman–Crippen LogP) is 4.79. The summed E-state index contributed by atoms with van der Waals surface area (Å²) in [5.74, 6) is -0.115. The van der Waals surface area contributed by atoms with Crippen LogP contribution in [0.1, 0.15) is 15.9 Å². The van der Waals surface area contributed by atoms with E-state index in [9.17, 15) is 4.79 Å². The van der Waals surface area contributed by atoms with E-state index < -0.39 is 0 Å². The molecule has 0 bridgehead atoms. The second kappa shape index (κ2) is 6.27. The number of benzene rings is 3. The Kier molecular flexibility index (Phi) is 4.01. The van der Waals surface area contributed by atoms with E-state index in [4.69, 9.17) is 0 Å². The van der Waals surface area contributed by atoms with E-state index in [1.54, 1.807) is 0 Å². The molecule has 0 fully saturated rings. The van der Waals surface area contributed by atoms with E-state index in [0.29, 0.717) is 5.56 Å². The smallest absolute Gasteiger partial charge is 0.256 e. The first-order valence-electron chi connectivity index (χ1n) is 7.12. The fraction of sp³-hybridized carbons (Fsp3) is 0. The molecular formula is C20H16NO. The van der Waals surface area contributed by atoms with Gasteiger partial charge in [0.25, 0.3) is 5.91 Å². The highest BCUT2D eigenvalue weighted by atomic mass is 16.1. The standard InChI is InChI=1S/C20H16NO/c1-15-11-13-17(14-12-15)21-20(22)19-10-6-5-9-18(19)16-7-3-2-4-8-16/h2-14H,1H2,(H,21,22). The molecule has 1 amide bonds. The van der Waals surface area contributed by atoms with Crippen molar-refractivity contribution < 1.29 is 4.79 Å². The van der Waals surface area contributed by atoms with Gasteiger partial charge in [-0.05, 0) is 41.8 Å². The van der Waals surface area contributed by atoms with Gasteiger partial charge < -0.3 is 5.32 Å². The maximum atomic E-state index is 12.6. The number of hydrogen-bond donors (Lipinski definition) is 1. The molecule has 0 spiro atoms. The van der Waals surface area contributed by atoms with E-state index in [0.717, 1.165) is 22.4 Å². The van der Waals surface area contributed by atoms with Crippen molar-refractivity contribution in [2.24, 2.45) is 0 Å². The first-order valence-corrected chi connectivity index (χ1v) is 7.12. The zero-order valence-corrected chi connectivity index (χ0v) is 12.1. The first-order chi connectivity index (χ1) is 10.7. The second-order valence-electron chi connectivity index (χ2n) is 5.06. The Morgan fingerprint density at radius 3 is 2.14 bits per heavy atom. The van der Waals surface area contributed by atoms with E-state index in [2.05, 4.69) is 12.2 Å². The molecule has 0 aromatic heterocycles. The lowest BCUT2D eigenvalue weighted by molar-refractivity contribution is 0.102. The highest BCUT2D eigenvalue weighted by molar-refractivity contribution is 6.08. The highest BCUT2D eigenvalue weighted by Crippen LogP contribution is 2.24. The molecule has 3 rings (SSSR count). The van der Waals surface area contributed by atoms with Gasteiger partial charge in [0, 0.05) is 11.3 Å². The molecule has 0 atom stereocenters. The summed E-state index contributed by atoms with van der Waals surface area (Å²) in [5.41, 5.74) is 4.30. The van der Waals surface area contributed by atoms with Crippen LogP contribution in [-0.2, 0) is 0 Å². The number of hydrogen-bond acceptors (Lipinski definition) is 1. The van der Waals surface area contributed by atoms with Gasteiger partial charge in [0.15, 0.2) is 0 Å². The maximum absolute atomic E-state index is 12.6. The third kappa shape index (κ3) is 3.07. The monoisotopic (exact) mass is 286 g/mol. The summed E-state index contributed by atoms with van der Waals surface area (Å²) in [6.45, 7) is 3.84. The zero-order chi connectivity index (χ0) is 15.4. The molecule has 2 nitrogen and oxygen atoms in total. The molecule has 0 aliphatic carbocycles. The minimum atomic E-state index is -0.115. The molecule has 1 radical (unpaired) electrons. The van der Waals surface area contributed by atoms with Crippen LogP contribution in [0.2, 0.25) is 0 Å². The van der Waals surface area contributed by atoms with Crippen molar-refractivity contribution in [3.8, 4) is 11.1 Å². The number of anilines is 1. The minimum Gasteiger partial charge on any atom is -0.322 e. The summed E-state index contributed by atoms with van der Waals surface area (Å²) < 4.78 is 0. The lowest BCUT2D eigenvalue weighted by Crippen LogP contribution is -2.13. The third-order valence-corrected chi connectivity index (χ3v) is 3.47. The molecule has 1 N–H and O–H groups in total. The van der Waals surface area contributed by atoms with Gasteiger partial charge in [0.2, 0.25) is 0 Å². The quantitative estimate of drug-likeness (QED) is 0.737. The van der Waals surface area contributed by atoms with Crippen LogP contribution in [0.4, 0.5) is 5.69 Å². The van der Waals surface area contributed by atoms with Crippen LogP contribution in [-0.4, -0.2) is 5.91 Å². The SMILES string of the molecule is [CH2]c1ccc(NC(=O)c2ccccc2-c2ccccc2)cc1. The zero-order valence-electron chi connectivity index (χ0n) is 12.1. The van der Waals surface area contributed by atoms with Crippen molar-refractivity contribution in [2.75, 3.05) is 5.32 Å². The van der Waals surface area contributed by atoms with Crippen molar-refractivity contribution in [3.63, 3.8) is 0 Å². The minimum absolute atomic E-state index is 0.115. The largest absolute Gasteiger partial charge is 0.322 e. The number of carbonyl (C=O) groups is 1. The van der Waals surface area contributed by atoms with Crippen LogP contribution in [0.25, 0.3) is 11.1 Å². The molecule has 0 heterocycles. The average Bonchev–Trinajstić information content (AvgIpc) is 2.58. The van der Waals surface area contributed by atoms with Gasteiger partial charge in [-0.2, -0.15) is 0 Å². The van der Waals surface area contributed by atoms with Crippen LogP contribution >= 0.6 is 0 Å². The molecule has 3 aromatic carbocycles.